The Hall–Kier alpha value is -1.81. The lowest BCUT2D eigenvalue weighted by atomic mass is 10.1. The second-order valence-electron chi connectivity index (χ2n) is 3.33. The minimum absolute atomic E-state index is 0. The lowest BCUT2D eigenvalue weighted by molar-refractivity contribution is 0.0520. The van der Waals surface area contributed by atoms with Gasteiger partial charge in [-0.3, -0.25) is 0 Å². The monoisotopic (exact) mass is 252 g/mol. The Balaban J connectivity index is 0.00000144. The highest BCUT2D eigenvalue weighted by Gasteiger charge is 2.10. The molecule has 0 radical (unpaired) electrons. The van der Waals surface area contributed by atoms with Crippen LogP contribution in [0.2, 0.25) is 0 Å². The SMILES string of the molecule is CCOC(=O)c1cc2ccccc2c(N)n1.Cl. The number of halogens is 1. The fourth-order valence-corrected chi connectivity index (χ4v) is 1.54. The Morgan fingerprint density at radius 1 is 1.41 bits per heavy atom. The van der Waals surface area contributed by atoms with Crippen molar-refractivity contribution in [1.82, 2.24) is 4.98 Å². The third kappa shape index (κ3) is 2.65. The summed E-state index contributed by atoms with van der Waals surface area (Å²) in [6, 6.07) is 9.20. The number of fused-ring (bicyclic) bond motifs is 1. The lowest BCUT2D eigenvalue weighted by Crippen LogP contribution is -2.08. The van der Waals surface area contributed by atoms with Crippen LogP contribution in [0.4, 0.5) is 5.82 Å². The predicted octanol–water partition coefficient (Wildman–Crippen LogP) is 2.42. The molecule has 0 saturated heterocycles. The van der Waals surface area contributed by atoms with Crippen LogP contribution in [-0.2, 0) is 4.74 Å². The molecule has 0 bridgehead atoms. The molecule has 0 aliphatic carbocycles. The maximum absolute atomic E-state index is 11.5. The van der Waals surface area contributed by atoms with E-state index in [0.717, 1.165) is 10.8 Å². The molecule has 90 valence electrons. The number of benzene rings is 1. The number of nitrogen functional groups attached to an aromatic ring is 1. The van der Waals surface area contributed by atoms with Crippen molar-refractivity contribution in [3.63, 3.8) is 0 Å². The Kier molecular flexibility index (Phi) is 4.29. The van der Waals surface area contributed by atoms with Crippen molar-refractivity contribution in [2.24, 2.45) is 0 Å². The van der Waals surface area contributed by atoms with Gasteiger partial charge >= 0.3 is 5.97 Å². The van der Waals surface area contributed by atoms with E-state index in [1.807, 2.05) is 24.3 Å². The Labute approximate surface area is 105 Å². The summed E-state index contributed by atoms with van der Waals surface area (Å²) >= 11 is 0. The van der Waals surface area contributed by atoms with Crippen molar-refractivity contribution < 1.29 is 9.53 Å². The molecule has 1 aromatic carbocycles. The van der Waals surface area contributed by atoms with E-state index in [9.17, 15) is 4.79 Å². The van der Waals surface area contributed by atoms with Crippen molar-refractivity contribution in [1.29, 1.82) is 0 Å². The predicted molar refractivity (Wildman–Crippen MR) is 69.4 cm³/mol. The van der Waals surface area contributed by atoms with Crippen LogP contribution in [0, 0.1) is 0 Å². The summed E-state index contributed by atoms with van der Waals surface area (Å²) in [5.41, 5.74) is 6.02. The molecule has 0 spiro atoms. The summed E-state index contributed by atoms with van der Waals surface area (Å²) < 4.78 is 4.87. The number of rotatable bonds is 2. The van der Waals surface area contributed by atoms with E-state index < -0.39 is 5.97 Å². The van der Waals surface area contributed by atoms with Crippen molar-refractivity contribution in [2.75, 3.05) is 12.3 Å². The Morgan fingerprint density at radius 2 is 2.12 bits per heavy atom. The fourth-order valence-electron chi connectivity index (χ4n) is 1.54. The van der Waals surface area contributed by atoms with Crippen molar-refractivity contribution in [3.05, 3.63) is 36.0 Å². The second kappa shape index (κ2) is 5.50. The smallest absolute Gasteiger partial charge is 0.357 e. The van der Waals surface area contributed by atoms with Gasteiger partial charge in [0.05, 0.1) is 6.61 Å². The van der Waals surface area contributed by atoms with Crippen LogP contribution in [-0.4, -0.2) is 17.6 Å². The minimum Gasteiger partial charge on any atom is -0.461 e. The summed E-state index contributed by atoms with van der Waals surface area (Å²) in [4.78, 5) is 15.5. The zero-order chi connectivity index (χ0) is 11.5. The zero-order valence-corrected chi connectivity index (χ0v) is 10.2. The van der Waals surface area contributed by atoms with E-state index in [-0.39, 0.29) is 18.1 Å². The Bertz CT molecular complexity index is 543. The molecule has 1 aromatic heterocycles. The lowest BCUT2D eigenvalue weighted by Gasteiger charge is -2.05. The molecule has 5 heteroatoms. The second-order valence-corrected chi connectivity index (χ2v) is 3.33. The average molecular weight is 253 g/mol. The molecular formula is C12H13ClN2O2. The molecule has 0 aliphatic rings. The number of pyridine rings is 1. The van der Waals surface area contributed by atoms with Crippen molar-refractivity contribution in [3.8, 4) is 0 Å². The molecule has 0 saturated carbocycles. The third-order valence-corrected chi connectivity index (χ3v) is 2.25. The molecule has 0 unspecified atom stereocenters. The third-order valence-electron chi connectivity index (χ3n) is 2.25. The van der Waals surface area contributed by atoms with E-state index in [1.54, 1.807) is 13.0 Å². The quantitative estimate of drug-likeness (QED) is 0.834. The normalized spacial score (nSPS) is 9.71. The summed E-state index contributed by atoms with van der Waals surface area (Å²) in [6.45, 7) is 2.08. The summed E-state index contributed by atoms with van der Waals surface area (Å²) in [5.74, 6) is -0.0962. The minimum atomic E-state index is -0.444. The van der Waals surface area contributed by atoms with Crippen LogP contribution in [0.15, 0.2) is 30.3 Å². The number of carbonyl (C=O) groups is 1. The highest BCUT2D eigenvalue weighted by Crippen LogP contribution is 2.20. The molecule has 2 aromatic rings. The van der Waals surface area contributed by atoms with E-state index in [2.05, 4.69) is 4.98 Å². The number of nitrogens with two attached hydrogens (primary N) is 1. The first-order valence-electron chi connectivity index (χ1n) is 5.04. The number of carbonyl (C=O) groups excluding carboxylic acids is 1. The Morgan fingerprint density at radius 3 is 2.82 bits per heavy atom. The van der Waals surface area contributed by atoms with Gasteiger partial charge in [0.25, 0.3) is 0 Å². The first-order chi connectivity index (χ1) is 7.72. The van der Waals surface area contributed by atoms with Gasteiger partial charge in [0.2, 0.25) is 0 Å². The van der Waals surface area contributed by atoms with Crippen LogP contribution in [0.25, 0.3) is 10.8 Å². The summed E-state index contributed by atoms with van der Waals surface area (Å²) in [6.07, 6.45) is 0. The number of ether oxygens (including phenoxy) is 1. The molecule has 2 N–H and O–H groups in total. The topological polar surface area (TPSA) is 65.2 Å². The van der Waals surface area contributed by atoms with Crippen molar-refractivity contribution in [2.45, 2.75) is 6.92 Å². The van der Waals surface area contributed by atoms with Crippen molar-refractivity contribution >= 4 is 35.0 Å². The number of hydrogen-bond acceptors (Lipinski definition) is 4. The summed E-state index contributed by atoms with van der Waals surface area (Å²) in [7, 11) is 0. The van der Waals surface area contributed by atoms with Gasteiger partial charge in [-0.2, -0.15) is 0 Å². The molecule has 0 atom stereocenters. The highest BCUT2D eigenvalue weighted by molar-refractivity contribution is 5.97. The largest absolute Gasteiger partial charge is 0.461 e. The molecule has 1 heterocycles. The van der Waals surface area contributed by atoms with E-state index in [4.69, 9.17) is 10.5 Å². The van der Waals surface area contributed by atoms with Crippen LogP contribution in [0.1, 0.15) is 17.4 Å². The first-order valence-corrected chi connectivity index (χ1v) is 5.04. The number of anilines is 1. The van der Waals surface area contributed by atoms with Gasteiger partial charge < -0.3 is 10.5 Å². The van der Waals surface area contributed by atoms with Gasteiger partial charge in [0.15, 0.2) is 5.69 Å². The van der Waals surface area contributed by atoms with Gasteiger partial charge in [-0.25, -0.2) is 9.78 Å². The fraction of sp³-hybridized carbons (Fsp3) is 0.167. The van der Waals surface area contributed by atoms with Crippen LogP contribution in [0.5, 0.6) is 0 Å². The van der Waals surface area contributed by atoms with Gasteiger partial charge in [0, 0.05) is 5.39 Å². The van der Waals surface area contributed by atoms with Gasteiger partial charge in [-0.1, -0.05) is 24.3 Å². The first kappa shape index (κ1) is 13.3. The number of aromatic nitrogens is 1. The number of nitrogens with zero attached hydrogens (tertiary/aromatic N) is 1. The number of esters is 1. The number of hydrogen-bond donors (Lipinski definition) is 1. The highest BCUT2D eigenvalue weighted by atomic mass is 35.5. The van der Waals surface area contributed by atoms with Gasteiger partial charge in [-0.15, -0.1) is 12.4 Å². The van der Waals surface area contributed by atoms with Gasteiger partial charge in [-0.05, 0) is 18.4 Å². The molecule has 17 heavy (non-hydrogen) atoms. The maximum atomic E-state index is 11.5. The molecule has 2 rings (SSSR count). The van der Waals surface area contributed by atoms with E-state index in [0.29, 0.717) is 12.4 Å². The molecule has 0 amide bonds. The van der Waals surface area contributed by atoms with Crippen LogP contribution < -0.4 is 5.73 Å². The average Bonchev–Trinajstić information content (AvgIpc) is 2.29. The van der Waals surface area contributed by atoms with E-state index in [1.165, 1.54) is 0 Å². The summed E-state index contributed by atoms with van der Waals surface area (Å²) in [5, 5.41) is 1.73. The van der Waals surface area contributed by atoms with E-state index >= 15 is 0 Å². The zero-order valence-electron chi connectivity index (χ0n) is 9.34. The standard InChI is InChI=1S/C12H12N2O2.ClH/c1-2-16-12(15)10-7-8-5-3-4-6-9(8)11(13)14-10;/h3-7H,2H2,1H3,(H2,13,14);1H. The van der Waals surface area contributed by atoms with Crippen LogP contribution >= 0.6 is 12.4 Å². The van der Waals surface area contributed by atoms with Crippen LogP contribution in [0.3, 0.4) is 0 Å². The molecule has 4 nitrogen and oxygen atoms in total. The maximum Gasteiger partial charge on any atom is 0.357 e. The van der Waals surface area contributed by atoms with Gasteiger partial charge in [0.1, 0.15) is 5.82 Å². The molecular weight excluding hydrogens is 240 g/mol. The molecule has 0 fully saturated rings. The molecule has 0 aliphatic heterocycles.